The zero-order valence-corrected chi connectivity index (χ0v) is 32.3. The predicted molar refractivity (Wildman–Crippen MR) is 216 cm³/mol. The van der Waals surface area contributed by atoms with Crippen LogP contribution in [0.25, 0.3) is 21.6 Å². The molecule has 16 heteroatoms. The van der Waals surface area contributed by atoms with Crippen molar-refractivity contribution in [2.75, 3.05) is 16.9 Å². The van der Waals surface area contributed by atoms with Crippen molar-refractivity contribution in [3.63, 3.8) is 0 Å². The molecule has 0 aliphatic carbocycles. The van der Waals surface area contributed by atoms with Gasteiger partial charge in [-0.1, -0.05) is 70.5 Å². The van der Waals surface area contributed by atoms with E-state index in [0.717, 1.165) is 32.2 Å². The van der Waals surface area contributed by atoms with Crippen LogP contribution >= 0.6 is 11.3 Å². The number of ether oxygens (including phenoxy) is 1. The fourth-order valence-corrected chi connectivity index (χ4v) is 6.18. The van der Waals surface area contributed by atoms with Gasteiger partial charge in [0.15, 0.2) is 5.84 Å². The van der Waals surface area contributed by atoms with Crippen molar-refractivity contribution >= 4 is 50.6 Å². The number of nitrogens with two attached hydrogens (primary N) is 2. The molecule has 0 radical (unpaired) electrons. The first kappa shape index (κ1) is 41.5. The first-order chi connectivity index (χ1) is 26.7. The number of amidine groups is 1. The molecular formula is C39H46FN11O3S. The van der Waals surface area contributed by atoms with E-state index in [1.807, 2.05) is 79.7 Å². The number of rotatable bonds is 11. The van der Waals surface area contributed by atoms with E-state index in [1.165, 1.54) is 23.5 Å². The van der Waals surface area contributed by atoms with Gasteiger partial charge in [-0.3, -0.25) is 9.59 Å². The number of aromatic nitrogens is 5. The first-order valence-corrected chi connectivity index (χ1v) is 18.5. The van der Waals surface area contributed by atoms with Crippen LogP contribution in [0.3, 0.4) is 0 Å². The van der Waals surface area contributed by atoms with Gasteiger partial charge in [0.25, 0.3) is 0 Å². The van der Waals surface area contributed by atoms with Gasteiger partial charge in [0, 0.05) is 35.3 Å². The molecule has 2 heterocycles. The van der Waals surface area contributed by atoms with Crippen LogP contribution in [-0.4, -0.2) is 50.4 Å². The maximum atomic E-state index is 14.1. The van der Waals surface area contributed by atoms with E-state index in [-0.39, 0.29) is 17.6 Å². The monoisotopic (exact) mass is 767 g/mol. The molecule has 14 nitrogen and oxygen atoms in total. The second-order valence-corrected chi connectivity index (χ2v) is 13.0. The molecule has 0 fully saturated rings. The van der Waals surface area contributed by atoms with Gasteiger partial charge in [-0.25, -0.2) is 15.2 Å². The largest absolute Gasteiger partial charge is 0.497 e. The molecule has 6 N–H and O–H groups in total. The van der Waals surface area contributed by atoms with Crippen molar-refractivity contribution in [3.8, 4) is 17.1 Å². The number of thiazole rings is 1. The number of nitrogens with one attached hydrogen (secondary N) is 2. The van der Waals surface area contributed by atoms with Crippen molar-refractivity contribution in [2.24, 2.45) is 16.8 Å². The number of hydrazine groups is 1. The Kier molecular flexibility index (Phi) is 15.7. The fourth-order valence-electron chi connectivity index (χ4n) is 5.22. The third-order valence-electron chi connectivity index (χ3n) is 7.83. The Bertz CT molecular complexity index is 2130. The second-order valence-electron chi connectivity index (χ2n) is 11.9. The number of benzene rings is 4. The Labute approximate surface area is 323 Å². The van der Waals surface area contributed by atoms with Gasteiger partial charge < -0.3 is 25.8 Å². The molecule has 0 atom stereocenters. The van der Waals surface area contributed by atoms with Crippen LogP contribution in [0.15, 0.2) is 96.1 Å². The molecule has 6 rings (SSSR count). The summed E-state index contributed by atoms with van der Waals surface area (Å²) in [6.45, 7) is 8.57. The van der Waals surface area contributed by atoms with Crippen LogP contribution in [0.4, 0.5) is 15.8 Å². The summed E-state index contributed by atoms with van der Waals surface area (Å²) in [6.07, 6.45) is 1.94. The van der Waals surface area contributed by atoms with Crippen LogP contribution in [-0.2, 0) is 22.7 Å². The zero-order valence-electron chi connectivity index (χ0n) is 31.5. The van der Waals surface area contributed by atoms with Crippen molar-refractivity contribution in [1.29, 1.82) is 0 Å². The minimum absolute atomic E-state index is 0.00773. The van der Waals surface area contributed by atoms with E-state index in [9.17, 15) is 14.0 Å². The Morgan fingerprint density at radius 2 is 1.58 bits per heavy atom. The predicted octanol–water partition coefficient (Wildman–Crippen LogP) is 6.70. The molecular weight excluding hydrogens is 722 g/mol. The highest BCUT2D eigenvalue weighted by molar-refractivity contribution is 7.18. The lowest BCUT2D eigenvalue weighted by atomic mass is 10.1. The third kappa shape index (κ3) is 11.4. The van der Waals surface area contributed by atoms with E-state index >= 15 is 0 Å². The van der Waals surface area contributed by atoms with Gasteiger partial charge in [-0.2, -0.15) is 10.3 Å². The minimum atomic E-state index is -0.481. The lowest BCUT2D eigenvalue weighted by Gasteiger charge is -2.23. The number of methoxy groups -OCH3 is 1. The number of H-pyrrole nitrogens is 1. The van der Waals surface area contributed by atoms with Crippen molar-refractivity contribution in [1.82, 2.24) is 31.0 Å². The van der Waals surface area contributed by atoms with Crippen LogP contribution in [0.1, 0.15) is 63.1 Å². The summed E-state index contributed by atoms with van der Waals surface area (Å²) in [7, 11) is 1.59. The molecule has 0 bridgehead atoms. The molecule has 2 aromatic heterocycles. The molecule has 2 amide bonds. The molecule has 288 valence electrons. The van der Waals surface area contributed by atoms with E-state index in [1.54, 1.807) is 36.3 Å². The normalized spacial score (nSPS) is 10.8. The summed E-state index contributed by atoms with van der Waals surface area (Å²) in [5, 5.41) is 18.1. The fraction of sp³-hybridized carbons (Fsp3) is 0.256. The minimum Gasteiger partial charge on any atom is -0.497 e. The number of halogens is 1. The molecule has 0 aliphatic rings. The molecule has 55 heavy (non-hydrogen) atoms. The number of hydrogen-bond donors (Lipinski definition) is 4. The number of hydrazone groups is 1. The second kappa shape index (κ2) is 20.8. The standard InChI is InChI=1S/C18H18FN5O2.C18H20N6OS.C3H8/c1-3-17(25)24(11-12-4-6-16(26-2)7-5-12)15-9-13(8-14(19)10-15)18-20-22-23-21-18;1-2-17(25)24(11-16-21-14-8-3-4-9-15(14)26-16)13-7-5-6-12(10-13)18(22-19)23-20;1-3-2/h4-10H,3,11H2,1-2H3,(H,20,21,22,23);3-10H,2,11,19-20H2,1H3,(H,22,23);3H2,1-2H3. The average Bonchev–Trinajstić information content (AvgIpc) is 3.90. The van der Waals surface area contributed by atoms with Crippen LogP contribution in [0.5, 0.6) is 5.75 Å². The summed E-state index contributed by atoms with van der Waals surface area (Å²) in [5.74, 6) is 11.5. The van der Waals surface area contributed by atoms with Crippen molar-refractivity contribution in [2.45, 2.75) is 60.0 Å². The highest BCUT2D eigenvalue weighted by Crippen LogP contribution is 2.28. The smallest absolute Gasteiger partial charge is 0.227 e. The number of anilines is 2. The van der Waals surface area contributed by atoms with Gasteiger partial charge in [0.05, 0.1) is 30.4 Å². The van der Waals surface area contributed by atoms with Crippen LogP contribution < -0.4 is 31.6 Å². The van der Waals surface area contributed by atoms with Gasteiger partial charge >= 0.3 is 0 Å². The van der Waals surface area contributed by atoms with Crippen LogP contribution in [0.2, 0.25) is 0 Å². The number of amides is 2. The molecule has 0 saturated carbocycles. The van der Waals surface area contributed by atoms with Crippen molar-refractivity contribution < 1.29 is 18.7 Å². The lowest BCUT2D eigenvalue weighted by molar-refractivity contribution is -0.119. The molecule has 0 aliphatic heterocycles. The Morgan fingerprint density at radius 1 is 0.891 bits per heavy atom. The van der Waals surface area contributed by atoms with Gasteiger partial charge in [0.2, 0.25) is 17.6 Å². The van der Waals surface area contributed by atoms with E-state index < -0.39 is 5.82 Å². The average molecular weight is 768 g/mol. The molecule has 6 aromatic rings. The summed E-state index contributed by atoms with van der Waals surface area (Å²) in [5.41, 5.74) is 6.62. The zero-order chi connectivity index (χ0) is 39.7. The number of para-hydroxylation sites is 1. The molecule has 0 saturated heterocycles. The topological polar surface area (TPSA) is 194 Å². The number of carbonyl (C=O) groups excluding carboxylic acids is 2. The maximum absolute atomic E-state index is 14.1. The maximum Gasteiger partial charge on any atom is 0.227 e. The lowest BCUT2D eigenvalue weighted by Crippen LogP contribution is -2.33. The number of tetrazole rings is 1. The van der Waals surface area contributed by atoms with E-state index in [2.05, 4.69) is 50.0 Å². The van der Waals surface area contributed by atoms with Crippen molar-refractivity contribution in [3.05, 3.63) is 113 Å². The van der Waals surface area contributed by atoms with Crippen LogP contribution in [0, 0.1) is 5.82 Å². The number of aromatic amines is 1. The summed E-state index contributed by atoms with van der Waals surface area (Å²) in [4.78, 5) is 32.9. The van der Waals surface area contributed by atoms with E-state index in [4.69, 9.17) is 16.4 Å². The highest BCUT2D eigenvalue weighted by Gasteiger charge is 2.19. The molecule has 0 unspecified atom stereocenters. The SMILES string of the molecule is CCC.CCC(=O)N(Cc1ccc(OC)cc1)c1cc(F)cc(-c2nn[nH]n2)c1.CCC(=O)N(Cc1nc2ccccc2s1)c1cccc(/C(=N/N)NN)c1. The Balaban J connectivity index is 0.000000228. The van der Waals surface area contributed by atoms with Gasteiger partial charge in [-0.05, 0) is 65.4 Å². The number of hydrogen-bond acceptors (Lipinski definition) is 11. The third-order valence-corrected chi connectivity index (χ3v) is 8.85. The number of carbonyl (C=O) groups is 2. The number of nitrogens with zero attached hydrogens (tertiary/aromatic N) is 7. The summed E-state index contributed by atoms with van der Waals surface area (Å²) >= 11 is 1.59. The Morgan fingerprint density at radius 3 is 2.18 bits per heavy atom. The first-order valence-electron chi connectivity index (χ1n) is 17.7. The summed E-state index contributed by atoms with van der Waals surface area (Å²) < 4.78 is 20.4. The number of fused-ring (bicyclic) bond motifs is 1. The molecule has 0 spiro atoms. The quantitative estimate of drug-likeness (QED) is 0.0477. The van der Waals surface area contributed by atoms with Gasteiger partial charge in [0.1, 0.15) is 16.6 Å². The van der Waals surface area contributed by atoms with E-state index in [0.29, 0.717) is 48.6 Å². The van der Waals surface area contributed by atoms with Gasteiger partial charge in [-0.15, -0.1) is 21.5 Å². The highest BCUT2D eigenvalue weighted by atomic mass is 32.1. The molecule has 4 aromatic carbocycles. The summed E-state index contributed by atoms with van der Waals surface area (Å²) in [6, 6.07) is 27.0. The Hall–Kier alpha value is -6.26.